The second-order valence-corrected chi connectivity index (χ2v) is 6.83. The highest BCUT2D eigenvalue weighted by Gasteiger charge is 2.28. The molecule has 1 N–H and O–H groups in total. The van der Waals surface area contributed by atoms with Crippen molar-refractivity contribution in [2.75, 3.05) is 47.9 Å². The predicted molar refractivity (Wildman–Crippen MR) is 100 cm³/mol. The number of carbonyl (C=O) groups is 1. The Hall–Kier alpha value is -2.22. The highest BCUT2D eigenvalue weighted by Crippen LogP contribution is 2.24. The van der Waals surface area contributed by atoms with Crippen molar-refractivity contribution >= 4 is 11.9 Å². The van der Waals surface area contributed by atoms with Gasteiger partial charge in [-0.05, 0) is 39.1 Å². The number of rotatable bonds is 5. The van der Waals surface area contributed by atoms with Crippen LogP contribution >= 0.6 is 0 Å². The van der Waals surface area contributed by atoms with Crippen LogP contribution in [0.25, 0.3) is 0 Å². The van der Waals surface area contributed by atoms with E-state index >= 15 is 0 Å². The molecular formula is C19H28F2N4O2. The van der Waals surface area contributed by atoms with E-state index in [1.165, 1.54) is 25.3 Å². The smallest absolute Gasteiger partial charge is 0.308 e. The van der Waals surface area contributed by atoms with E-state index in [1.807, 2.05) is 4.90 Å². The van der Waals surface area contributed by atoms with Gasteiger partial charge in [-0.25, -0.2) is 8.78 Å². The number of ether oxygens (including phenoxy) is 1. The minimum absolute atomic E-state index is 0.0369. The standard InChI is InChI=1S/C19H28F2N4O2/c1-22-19(25-10-8-13(9-11-25)18(26)27-4)23-12-16(24(2)3)17-14(20)6-5-7-15(17)21/h5-7,13,16H,8-12H2,1-4H3,(H,22,23). The number of likely N-dealkylation sites (tertiary alicyclic amines) is 1. The monoisotopic (exact) mass is 382 g/mol. The normalized spacial score (nSPS) is 17.1. The molecule has 1 fully saturated rings. The Morgan fingerprint density at radius 3 is 2.41 bits per heavy atom. The molecular weight excluding hydrogens is 354 g/mol. The minimum Gasteiger partial charge on any atom is -0.469 e. The maximum Gasteiger partial charge on any atom is 0.308 e. The Balaban J connectivity index is 2.03. The first-order valence-electron chi connectivity index (χ1n) is 9.02. The summed E-state index contributed by atoms with van der Waals surface area (Å²) in [5.74, 6) is -0.748. The van der Waals surface area contributed by atoms with E-state index in [2.05, 4.69) is 10.3 Å². The molecule has 1 aliphatic rings. The molecule has 1 atom stereocenters. The number of halogens is 2. The van der Waals surface area contributed by atoms with Crippen LogP contribution in [0, 0.1) is 17.6 Å². The van der Waals surface area contributed by atoms with Gasteiger partial charge in [0.2, 0.25) is 0 Å². The number of benzene rings is 1. The van der Waals surface area contributed by atoms with Gasteiger partial charge in [-0.1, -0.05) is 6.07 Å². The Morgan fingerprint density at radius 1 is 1.33 bits per heavy atom. The molecule has 0 aromatic heterocycles. The number of carbonyl (C=O) groups excluding carboxylic acids is 1. The first-order chi connectivity index (χ1) is 12.9. The van der Waals surface area contributed by atoms with Gasteiger partial charge in [0.1, 0.15) is 11.6 Å². The van der Waals surface area contributed by atoms with Crippen molar-refractivity contribution in [3.63, 3.8) is 0 Å². The van der Waals surface area contributed by atoms with Crippen molar-refractivity contribution in [1.82, 2.24) is 15.1 Å². The summed E-state index contributed by atoms with van der Waals surface area (Å²) in [5, 5.41) is 3.22. The lowest BCUT2D eigenvalue weighted by Crippen LogP contribution is -2.48. The van der Waals surface area contributed by atoms with Crippen LogP contribution in [-0.4, -0.2) is 69.6 Å². The van der Waals surface area contributed by atoms with Crippen LogP contribution in [0.4, 0.5) is 8.78 Å². The van der Waals surface area contributed by atoms with Crippen molar-refractivity contribution in [2.24, 2.45) is 10.9 Å². The molecule has 1 aromatic carbocycles. The molecule has 1 aromatic rings. The molecule has 1 unspecified atom stereocenters. The zero-order chi connectivity index (χ0) is 20.0. The molecule has 0 aliphatic carbocycles. The van der Waals surface area contributed by atoms with Crippen LogP contribution in [0.3, 0.4) is 0 Å². The van der Waals surface area contributed by atoms with E-state index in [1.54, 1.807) is 26.0 Å². The van der Waals surface area contributed by atoms with Crippen LogP contribution in [0.5, 0.6) is 0 Å². The third kappa shape index (κ3) is 5.15. The van der Waals surface area contributed by atoms with Crippen LogP contribution in [-0.2, 0) is 9.53 Å². The maximum atomic E-state index is 14.2. The van der Waals surface area contributed by atoms with E-state index < -0.39 is 17.7 Å². The summed E-state index contributed by atoms with van der Waals surface area (Å²) in [7, 11) is 6.63. The highest BCUT2D eigenvalue weighted by atomic mass is 19.1. The van der Waals surface area contributed by atoms with Crippen molar-refractivity contribution in [1.29, 1.82) is 0 Å². The summed E-state index contributed by atoms with van der Waals surface area (Å²) in [4.78, 5) is 19.8. The third-order valence-corrected chi connectivity index (χ3v) is 4.95. The molecule has 6 nitrogen and oxygen atoms in total. The van der Waals surface area contributed by atoms with E-state index in [0.717, 1.165) is 0 Å². The van der Waals surface area contributed by atoms with Crippen molar-refractivity contribution in [3.05, 3.63) is 35.4 Å². The van der Waals surface area contributed by atoms with Crippen LogP contribution in [0.15, 0.2) is 23.2 Å². The number of likely N-dealkylation sites (N-methyl/N-ethyl adjacent to an activating group) is 1. The van der Waals surface area contributed by atoms with Crippen LogP contribution in [0.1, 0.15) is 24.4 Å². The van der Waals surface area contributed by atoms with Crippen LogP contribution in [0.2, 0.25) is 0 Å². The van der Waals surface area contributed by atoms with Gasteiger partial charge in [0, 0.05) is 32.2 Å². The van der Waals surface area contributed by atoms with Gasteiger partial charge in [0.15, 0.2) is 5.96 Å². The van der Waals surface area contributed by atoms with Crippen LogP contribution < -0.4 is 5.32 Å². The fourth-order valence-electron chi connectivity index (χ4n) is 3.39. The summed E-state index contributed by atoms with van der Waals surface area (Å²) in [6.07, 6.45) is 1.37. The summed E-state index contributed by atoms with van der Waals surface area (Å²) in [6.45, 7) is 1.63. The molecule has 1 aliphatic heterocycles. The number of hydrogen-bond acceptors (Lipinski definition) is 4. The first kappa shape index (κ1) is 21.1. The number of hydrogen-bond donors (Lipinski definition) is 1. The highest BCUT2D eigenvalue weighted by molar-refractivity contribution is 5.80. The average molecular weight is 382 g/mol. The zero-order valence-electron chi connectivity index (χ0n) is 16.3. The number of nitrogens with zero attached hydrogens (tertiary/aromatic N) is 3. The number of aliphatic imine (C=N–C) groups is 1. The van der Waals surface area contributed by atoms with E-state index in [-0.39, 0.29) is 17.5 Å². The molecule has 150 valence electrons. The van der Waals surface area contributed by atoms with Gasteiger partial charge in [-0.3, -0.25) is 9.79 Å². The second kappa shape index (κ2) is 9.64. The number of piperidine rings is 1. The molecule has 8 heteroatoms. The quantitative estimate of drug-likeness (QED) is 0.480. The lowest BCUT2D eigenvalue weighted by molar-refractivity contribution is -0.146. The van der Waals surface area contributed by atoms with E-state index in [9.17, 15) is 13.6 Å². The van der Waals surface area contributed by atoms with Crippen molar-refractivity contribution < 1.29 is 18.3 Å². The van der Waals surface area contributed by atoms with Gasteiger partial charge in [0.25, 0.3) is 0 Å². The summed E-state index contributed by atoms with van der Waals surface area (Å²) in [5.41, 5.74) is 0.0369. The molecule has 2 rings (SSSR count). The molecule has 0 radical (unpaired) electrons. The SMILES string of the molecule is CN=C(NCC(c1c(F)cccc1F)N(C)C)N1CCC(C(=O)OC)CC1. The Labute approximate surface area is 159 Å². The average Bonchev–Trinajstić information content (AvgIpc) is 2.66. The number of nitrogens with one attached hydrogen (secondary N) is 1. The molecule has 0 bridgehead atoms. The fourth-order valence-corrected chi connectivity index (χ4v) is 3.39. The molecule has 1 saturated heterocycles. The Bertz CT molecular complexity index is 653. The Kier molecular flexibility index (Phi) is 7.53. The van der Waals surface area contributed by atoms with Gasteiger partial charge < -0.3 is 19.9 Å². The molecule has 0 saturated carbocycles. The maximum absolute atomic E-state index is 14.2. The molecule has 0 spiro atoms. The molecule has 1 heterocycles. The topological polar surface area (TPSA) is 57.2 Å². The largest absolute Gasteiger partial charge is 0.469 e. The lowest BCUT2D eigenvalue weighted by atomic mass is 9.97. The van der Waals surface area contributed by atoms with Gasteiger partial charge in [-0.15, -0.1) is 0 Å². The van der Waals surface area contributed by atoms with Gasteiger partial charge in [0.05, 0.1) is 19.1 Å². The van der Waals surface area contributed by atoms with Gasteiger partial charge in [-0.2, -0.15) is 0 Å². The third-order valence-electron chi connectivity index (χ3n) is 4.95. The van der Waals surface area contributed by atoms with E-state index in [0.29, 0.717) is 38.4 Å². The van der Waals surface area contributed by atoms with Gasteiger partial charge >= 0.3 is 5.97 Å². The fraction of sp³-hybridized carbons (Fsp3) is 0.579. The van der Waals surface area contributed by atoms with E-state index in [4.69, 9.17) is 4.74 Å². The molecule has 0 amide bonds. The minimum atomic E-state index is -0.565. The summed E-state index contributed by atoms with van der Waals surface area (Å²) >= 11 is 0. The number of esters is 1. The number of methoxy groups -OCH3 is 1. The first-order valence-corrected chi connectivity index (χ1v) is 9.02. The summed E-state index contributed by atoms with van der Waals surface area (Å²) < 4.78 is 33.2. The lowest BCUT2D eigenvalue weighted by Gasteiger charge is -2.34. The molecule has 27 heavy (non-hydrogen) atoms. The second-order valence-electron chi connectivity index (χ2n) is 6.83. The number of guanidine groups is 1. The Morgan fingerprint density at radius 2 is 1.93 bits per heavy atom. The summed E-state index contributed by atoms with van der Waals surface area (Å²) in [6, 6.07) is 3.40. The van der Waals surface area contributed by atoms with Crippen molar-refractivity contribution in [3.8, 4) is 0 Å². The zero-order valence-corrected chi connectivity index (χ0v) is 16.3. The van der Waals surface area contributed by atoms with Crippen molar-refractivity contribution in [2.45, 2.75) is 18.9 Å². The predicted octanol–water partition coefficient (Wildman–Crippen LogP) is 2.03.